The average Bonchev–Trinajstić information content (AvgIpc) is 3.00. The van der Waals surface area contributed by atoms with E-state index in [2.05, 4.69) is 15.9 Å². The number of piperidine rings is 1. The van der Waals surface area contributed by atoms with Gasteiger partial charge < -0.3 is 29.3 Å². The van der Waals surface area contributed by atoms with Crippen LogP contribution in [0.2, 0.25) is 0 Å². The maximum absolute atomic E-state index is 11.3. The maximum atomic E-state index is 11.3. The molecule has 2 aliphatic heterocycles. The molecule has 0 saturated carbocycles. The Bertz CT molecular complexity index is 856. The number of ether oxygens (including phenoxy) is 3. The van der Waals surface area contributed by atoms with Gasteiger partial charge in [0.25, 0.3) is 0 Å². The highest BCUT2D eigenvalue weighted by atomic mass is 16.5. The summed E-state index contributed by atoms with van der Waals surface area (Å²) < 4.78 is 16.8. The number of nitrogens with zero attached hydrogens (tertiary/aromatic N) is 2. The molecule has 0 bridgehead atoms. The minimum atomic E-state index is -1.12. The van der Waals surface area contributed by atoms with Crippen molar-refractivity contribution in [3.05, 3.63) is 54.6 Å². The van der Waals surface area contributed by atoms with Gasteiger partial charge in [0, 0.05) is 44.5 Å². The first-order valence-electron chi connectivity index (χ1n) is 11.3. The van der Waals surface area contributed by atoms with Crippen LogP contribution in [0.15, 0.2) is 54.6 Å². The van der Waals surface area contributed by atoms with E-state index in [1.807, 2.05) is 48.5 Å². The van der Waals surface area contributed by atoms with E-state index in [0.717, 1.165) is 30.3 Å². The van der Waals surface area contributed by atoms with Gasteiger partial charge in [-0.2, -0.15) is 0 Å². The van der Waals surface area contributed by atoms with Crippen LogP contribution < -0.4 is 14.4 Å². The second-order valence-corrected chi connectivity index (χ2v) is 9.00. The Balaban J connectivity index is 1.33. The van der Waals surface area contributed by atoms with Crippen molar-refractivity contribution in [2.45, 2.75) is 24.0 Å². The van der Waals surface area contributed by atoms with Crippen LogP contribution in [0.4, 0.5) is 5.69 Å². The van der Waals surface area contributed by atoms with Crippen LogP contribution in [0.1, 0.15) is 12.8 Å². The van der Waals surface area contributed by atoms with Gasteiger partial charge in [0.05, 0.1) is 25.9 Å². The van der Waals surface area contributed by atoms with E-state index in [1.54, 1.807) is 7.11 Å². The third kappa shape index (κ3) is 5.92. The summed E-state index contributed by atoms with van der Waals surface area (Å²) in [4.78, 5) is 4.40. The number of anilines is 1. The standard InChI is InChI=1S/C25H34N2O5/c1-30-23-9-5-6-21(16-23)27-12-10-24(28,11-13-27)17-26-14-15-31-19-25(29,18-26)20-32-22-7-3-2-4-8-22/h2-9,16,28-29H,10-15,17-20H2,1H3. The van der Waals surface area contributed by atoms with Gasteiger partial charge in [-0.15, -0.1) is 0 Å². The Morgan fingerprint density at radius 2 is 1.69 bits per heavy atom. The maximum Gasteiger partial charge on any atom is 0.134 e. The van der Waals surface area contributed by atoms with E-state index in [4.69, 9.17) is 14.2 Å². The molecule has 0 aromatic heterocycles. The summed E-state index contributed by atoms with van der Waals surface area (Å²) in [6.07, 6.45) is 1.33. The molecule has 1 atom stereocenters. The number of aliphatic hydroxyl groups is 2. The van der Waals surface area contributed by atoms with Gasteiger partial charge in [-0.05, 0) is 37.1 Å². The number of β-amino-alcohol motifs (C(OH)–C–C–N with tert-alkyl or cyclic N) is 2. The molecule has 2 aromatic rings. The lowest BCUT2D eigenvalue weighted by Crippen LogP contribution is -2.55. The van der Waals surface area contributed by atoms with Crippen LogP contribution in [0, 0.1) is 0 Å². The molecule has 0 radical (unpaired) electrons. The van der Waals surface area contributed by atoms with Crippen LogP contribution in [-0.4, -0.2) is 86.0 Å². The average molecular weight is 443 g/mol. The highest BCUT2D eigenvalue weighted by molar-refractivity contribution is 5.51. The molecule has 2 heterocycles. The number of hydrogen-bond acceptors (Lipinski definition) is 7. The molecule has 2 aliphatic rings. The minimum Gasteiger partial charge on any atom is -0.497 e. The van der Waals surface area contributed by atoms with Crippen molar-refractivity contribution in [3.63, 3.8) is 0 Å². The highest BCUT2D eigenvalue weighted by Crippen LogP contribution is 2.30. The first-order chi connectivity index (χ1) is 15.5. The van der Waals surface area contributed by atoms with Crippen molar-refractivity contribution >= 4 is 5.69 Å². The first-order valence-corrected chi connectivity index (χ1v) is 11.3. The molecule has 32 heavy (non-hydrogen) atoms. The summed E-state index contributed by atoms with van der Waals surface area (Å²) in [5.74, 6) is 1.56. The molecule has 0 spiro atoms. The topological polar surface area (TPSA) is 74.6 Å². The molecule has 7 nitrogen and oxygen atoms in total. The molecule has 4 rings (SSSR count). The van der Waals surface area contributed by atoms with Crippen molar-refractivity contribution in [1.82, 2.24) is 4.90 Å². The third-order valence-corrected chi connectivity index (χ3v) is 6.32. The zero-order valence-corrected chi connectivity index (χ0v) is 18.8. The number of para-hydroxylation sites is 1. The smallest absolute Gasteiger partial charge is 0.134 e. The zero-order chi connectivity index (χ0) is 22.4. The van der Waals surface area contributed by atoms with Crippen LogP contribution in [0.3, 0.4) is 0 Å². The molecular weight excluding hydrogens is 408 g/mol. The van der Waals surface area contributed by atoms with Gasteiger partial charge in [-0.25, -0.2) is 0 Å². The van der Waals surface area contributed by atoms with Gasteiger partial charge in [0.2, 0.25) is 0 Å². The van der Waals surface area contributed by atoms with Crippen molar-refractivity contribution in [2.75, 3.05) is 64.6 Å². The molecule has 2 aromatic carbocycles. The Kier molecular flexibility index (Phi) is 7.20. The van der Waals surface area contributed by atoms with E-state index in [1.165, 1.54) is 0 Å². The van der Waals surface area contributed by atoms with Gasteiger partial charge in [0.15, 0.2) is 0 Å². The summed E-state index contributed by atoms with van der Waals surface area (Å²) in [7, 11) is 1.67. The fourth-order valence-corrected chi connectivity index (χ4v) is 4.52. The number of hydrogen-bond donors (Lipinski definition) is 2. The first kappa shape index (κ1) is 22.9. The van der Waals surface area contributed by atoms with Gasteiger partial charge in [-0.1, -0.05) is 24.3 Å². The summed E-state index contributed by atoms with van der Waals surface area (Å²) >= 11 is 0. The number of rotatable bonds is 7. The quantitative estimate of drug-likeness (QED) is 0.681. The van der Waals surface area contributed by atoms with Gasteiger partial charge in [-0.3, -0.25) is 4.90 Å². The van der Waals surface area contributed by atoms with Gasteiger partial charge >= 0.3 is 0 Å². The third-order valence-electron chi connectivity index (χ3n) is 6.32. The van der Waals surface area contributed by atoms with E-state index in [-0.39, 0.29) is 13.2 Å². The van der Waals surface area contributed by atoms with E-state index < -0.39 is 11.2 Å². The summed E-state index contributed by atoms with van der Waals surface area (Å²) in [6.45, 7) is 4.03. The van der Waals surface area contributed by atoms with Crippen LogP contribution in [0.25, 0.3) is 0 Å². The predicted octanol–water partition coefficient (Wildman–Crippen LogP) is 2.17. The van der Waals surface area contributed by atoms with Crippen molar-refractivity contribution in [3.8, 4) is 11.5 Å². The lowest BCUT2D eigenvalue weighted by molar-refractivity contribution is -0.0742. The normalized spacial score (nSPS) is 24.0. The molecule has 1 unspecified atom stereocenters. The van der Waals surface area contributed by atoms with Crippen molar-refractivity contribution < 1.29 is 24.4 Å². The van der Waals surface area contributed by atoms with Crippen LogP contribution in [-0.2, 0) is 4.74 Å². The summed E-state index contributed by atoms with van der Waals surface area (Å²) in [6, 6.07) is 17.5. The van der Waals surface area contributed by atoms with E-state index >= 15 is 0 Å². The second-order valence-electron chi connectivity index (χ2n) is 9.00. The Morgan fingerprint density at radius 3 is 2.44 bits per heavy atom. The van der Waals surface area contributed by atoms with Crippen LogP contribution >= 0.6 is 0 Å². The molecule has 0 amide bonds. The lowest BCUT2D eigenvalue weighted by Gasteiger charge is -2.42. The number of methoxy groups -OCH3 is 1. The molecule has 2 saturated heterocycles. The Morgan fingerprint density at radius 1 is 0.938 bits per heavy atom. The fraction of sp³-hybridized carbons (Fsp3) is 0.520. The summed E-state index contributed by atoms with van der Waals surface area (Å²) in [5.41, 5.74) is -0.799. The molecule has 0 aliphatic carbocycles. The largest absolute Gasteiger partial charge is 0.497 e. The predicted molar refractivity (Wildman–Crippen MR) is 124 cm³/mol. The lowest BCUT2D eigenvalue weighted by atomic mass is 9.90. The minimum absolute atomic E-state index is 0.148. The molecule has 7 heteroatoms. The SMILES string of the molecule is COc1cccc(N2CCC(O)(CN3CCOCC(O)(COc4ccccc4)C3)CC2)c1. The summed E-state index contributed by atoms with van der Waals surface area (Å²) in [5, 5.41) is 22.5. The van der Waals surface area contributed by atoms with Crippen molar-refractivity contribution in [2.24, 2.45) is 0 Å². The van der Waals surface area contributed by atoms with Crippen LogP contribution in [0.5, 0.6) is 11.5 Å². The fourth-order valence-electron chi connectivity index (χ4n) is 4.52. The van der Waals surface area contributed by atoms with Gasteiger partial charge in [0.1, 0.15) is 23.7 Å². The zero-order valence-electron chi connectivity index (χ0n) is 18.8. The molecule has 174 valence electrons. The number of benzene rings is 2. The van der Waals surface area contributed by atoms with E-state index in [9.17, 15) is 10.2 Å². The highest BCUT2D eigenvalue weighted by Gasteiger charge is 2.39. The Hall–Kier alpha value is -2.32. The van der Waals surface area contributed by atoms with E-state index in [0.29, 0.717) is 39.1 Å². The monoisotopic (exact) mass is 442 g/mol. The Labute approximate surface area is 190 Å². The second kappa shape index (κ2) is 10.1. The molecule has 2 N–H and O–H groups in total. The van der Waals surface area contributed by atoms with Crippen molar-refractivity contribution in [1.29, 1.82) is 0 Å². The molecular formula is C25H34N2O5. The molecule has 2 fully saturated rings.